The number of carbonyl (C=O) groups excluding carboxylic acids is 1. The van der Waals surface area contributed by atoms with Gasteiger partial charge in [0.25, 0.3) is 0 Å². The van der Waals surface area contributed by atoms with Crippen LogP contribution in [0, 0.1) is 13.8 Å². The first-order valence-electron chi connectivity index (χ1n) is 7.79. The van der Waals surface area contributed by atoms with Crippen LogP contribution in [0.4, 0.5) is 0 Å². The Balaban J connectivity index is 1.77. The lowest BCUT2D eigenvalue weighted by molar-refractivity contribution is 0.102. The third-order valence-electron chi connectivity index (χ3n) is 4.18. The number of nitrogens with zero attached hydrogens (tertiary/aromatic N) is 4. The summed E-state index contributed by atoms with van der Waals surface area (Å²) in [4.78, 5) is 13.6. The Morgan fingerprint density at radius 2 is 2.12 bits per heavy atom. The van der Waals surface area contributed by atoms with Gasteiger partial charge in [0.05, 0.1) is 10.6 Å². The van der Waals surface area contributed by atoms with Crippen LogP contribution in [0.5, 0.6) is 0 Å². The lowest BCUT2D eigenvalue weighted by Crippen LogP contribution is -2.06. The summed E-state index contributed by atoms with van der Waals surface area (Å²) in [6.45, 7) is 6.84. The maximum atomic E-state index is 12.5. The Hall–Kier alpha value is -1.86. The maximum absolute atomic E-state index is 12.5. The Kier molecular flexibility index (Phi) is 4.91. The van der Waals surface area contributed by atoms with Crippen molar-refractivity contribution in [1.29, 1.82) is 0 Å². The molecule has 0 saturated carbocycles. The van der Waals surface area contributed by atoms with Crippen molar-refractivity contribution in [3.8, 4) is 10.7 Å². The summed E-state index contributed by atoms with van der Waals surface area (Å²) >= 11 is 3.10. The van der Waals surface area contributed by atoms with Crippen molar-refractivity contribution in [3.63, 3.8) is 0 Å². The molecule has 0 aliphatic heterocycles. The van der Waals surface area contributed by atoms with Crippen LogP contribution >= 0.6 is 23.1 Å². The molecule has 0 amide bonds. The third-order valence-corrected chi connectivity index (χ3v) is 6.02. The second-order valence-corrected chi connectivity index (χ2v) is 7.47. The van der Waals surface area contributed by atoms with Crippen LogP contribution < -0.4 is 0 Å². The molecule has 0 bridgehead atoms. The van der Waals surface area contributed by atoms with Crippen LogP contribution in [0.1, 0.15) is 28.7 Å². The van der Waals surface area contributed by atoms with Crippen molar-refractivity contribution >= 4 is 28.9 Å². The van der Waals surface area contributed by atoms with E-state index in [1.165, 1.54) is 11.8 Å². The molecule has 0 radical (unpaired) electrons. The Morgan fingerprint density at radius 3 is 2.71 bits per heavy atom. The summed E-state index contributed by atoms with van der Waals surface area (Å²) < 4.78 is 4.11. The maximum Gasteiger partial charge on any atom is 0.191 e. The minimum Gasteiger partial charge on any atom is -0.351 e. The number of thioether (sulfide) groups is 1. The number of aromatic nitrogens is 4. The van der Waals surface area contributed by atoms with Gasteiger partial charge in [-0.1, -0.05) is 17.8 Å². The summed E-state index contributed by atoms with van der Waals surface area (Å²) in [5.74, 6) is 1.37. The van der Waals surface area contributed by atoms with Gasteiger partial charge in [0, 0.05) is 30.5 Å². The van der Waals surface area contributed by atoms with Crippen molar-refractivity contribution in [3.05, 3.63) is 40.5 Å². The number of carbonyl (C=O) groups is 1. The predicted molar refractivity (Wildman–Crippen MR) is 99.0 cm³/mol. The van der Waals surface area contributed by atoms with Crippen molar-refractivity contribution in [1.82, 2.24) is 19.3 Å². The molecule has 24 heavy (non-hydrogen) atoms. The van der Waals surface area contributed by atoms with Crippen molar-refractivity contribution in [2.24, 2.45) is 7.05 Å². The first kappa shape index (κ1) is 17.0. The molecule has 0 saturated heterocycles. The van der Waals surface area contributed by atoms with E-state index in [1.807, 2.05) is 49.0 Å². The second kappa shape index (κ2) is 6.94. The van der Waals surface area contributed by atoms with Crippen molar-refractivity contribution in [2.45, 2.75) is 32.5 Å². The lowest BCUT2D eigenvalue weighted by atomic mass is 10.2. The summed E-state index contributed by atoms with van der Waals surface area (Å²) in [6.07, 6.45) is 0. The van der Waals surface area contributed by atoms with E-state index in [0.717, 1.165) is 39.4 Å². The molecule has 126 valence electrons. The zero-order chi connectivity index (χ0) is 17.3. The van der Waals surface area contributed by atoms with Crippen molar-refractivity contribution < 1.29 is 4.79 Å². The molecule has 0 aromatic carbocycles. The fourth-order valence-corrected chi connectivity index (χ4v) is 4.22. The smallest absolute Gasteiger partial charge is 0.191 e. The molecule has 0 aliphatic carbocycles. The molecule has 0 unspecified atom stereocenters. The number of aryl methyl sites for hydroxylation is 1. The number of ketones is 1. The number of rotatable bonds is 6. The highest BCUT2D eigenvalue weighted by molar-refractivity contribution is 7.99. The summed E-state index contributed by atoms with van der Waals surface area (Å²) in [5, 5.41) is 11.4. The van der Waals surface area contributed by atoms with Gasteiger partial charge in [0.2, 0.25) is 0 Å². The number of thiophene rings is 1. The lowest BCUT2D eigenvalue weighted by Gasteiger charge is -2.06. The van der Waals surface area contributed by atoms with Crippen LogP contribution in [0.25, 0.3) is 10.7 Å². The molecular formula is C17H20N4OS2. The van der Waals surface area contributed by atoms with E-state index in [-0.39, 0.29) is 5.78 Å². The monoisotopic (exact) mass is 360 g/mol. The Bertz CT molecular complexity index is 862. The van der Waals surface area contributed by atoms with Crippen LogP contribution in [-0.4, -0.2) is 30.9 Å². The minimum atomic E-state index is 0.129. The van der Waals surface area contributed by atoms with Gasteiger partial charge in [-0.25, -0.2) is 0 Å². The molecular weight excluding hydrogens is 340 g/mol. The SMILES string of the molecule is CCn1c(SCC(=O)c2cc(C)n(C)c2C)nnc1-c1cccs1. The molecule has 0 spiro atoms. The molecule has 0 N–H and O–H groups in total. The summed E-state index contributed by atoms with van der Waals surface area (Å²) in [7, 11) is 1.98. The molecule has 3 rings (SSSR count). The van der Waals surface area contributed by atoms with Gasteiger partial charge in [0.1, 0.15) is 0 Å². The van der Waals surface area contributed by atoms with E-state index in [9.17, 15) is 4.79 Å². The molecule has 7 heteroatoms. The van der Waals surface area contributed by atoms with Crippen molar-refractivity contribution in [2.75, 3.05) is 5.75 Å². The van der Waals surface area contributed by atoms with E-state index >= 15 is 0 Å². The number of Topliss-reactive ketones (excluding diaryl/α,β-unsaturated/α-hetero) is 1. The van der Waals surface area contributed by atoms with Gasteiger partial charge in [0.15, 0.2) is 16.8 Å². The fourth-order valence-electron chi connectivity index (χ4n) is 2.61. The first-order valence-corrected chi connectivity index (χ1v) is 9.65. The highest BCUT2D eigenvalue weighted by Crippen LogP contribution is 2.27. The van der Waals surface area contributed by atoms with Gasteiger partial charge < -0.3 is 9.13 Å². The van der Waals surface area contributed by atoms with Gasteiger partial charge in [-0.05, 0) is 38.3 Å². The Morgan fingerprint density at radius 1 is 1.33 bits per heavy atom. The average Bonchev–Trinajstić information content (AvgIpc) is 3.28. The minimum absolute atomic E-state index is 0.129. The molecule has 5 nitrogen and oxygen atoms in total. The van der Waals surface area contributed by atoms with Gasteiger partial charge in [-0.2, -0.15) is 0 Å². The van der Waals surface area contributed by atoms with Crippen LogP contribution in [0.15, 0.2) is 28.7 Å². The highest BCUT2D eigenvalue weighted by Gasteiger charge is 2.18. The highest BCUT2D eigenvalue weighted by atomic mass is 32.2. The molecule has 0 aliphatic rings. The molecule has 3 heterocycles. The van der Waals surface area contributed by atoms with E-state index in [1.54, 1.807) is 11.3 Å². The van der Waals surface area contributed by atoms with E-state index in [0.29, 0.717) is 5.75 Å². The van der Waals surface area contributed by atoms with Gasteiger partial charge in [-0.3, -0.25) is 4.79 Å². The molecule has 3 aromatic rings. The third kappa shape index (κ3) is 3.06. The number of hydrogen-bond acceptors (Lipinski definition) is 5. The van der Waals surface area contributed by atoms with Crippen LogP contribution in [0.2, 0.25) is 0 Å². The fraction of sp³-hybridized carbons (Fsp3) is 0.353. The standard InChI is InChI=1S/C17H20N4OS2/c1-5-21-16(15-7-6-8-23-15)18-19-17(21)24-10-14(22)13-9-11(2)20(4)12(13)3/h6-9H,5,10H2,1-4H3. The summed E-state index contributed by atoms with van der Waals surface area (Å²) in [6, 6.07) is 6.00. The van der Waals surface area contributed by atoms with Gasteiger partial charge in [-0.15, -0.1) is 21.5 Å². The first-order chi connectivity index (χ1) is 11.5. The largest absolute Gasteiger partial charge is 0.351 e. The number of hydrogen-bond donors (Lipinski definition) is 0. The molecule has 0 atom stereocenters. The predicted octanol–water partition coefficient (Wildman–Crippen LogP) is 3.96. The Labute approximate surface area is 149 Å². The topological polar surface area (TPSA) is 52.7 Å². The van der Waals surface area contributed by atoms with Gasteiger partial charge >= 0.3 is 0 Å². The average molecular weight is 361 g/mol. The van der Waals surface area contributed by atoms with E-state index < -0.39 is 0 Å². The molecule has 3 aromatic heterocycles. The van der Waals surface area contributed by atoms with E-state index in [4.69, 9.17) is 0 Å². The van der Waals surface area contributed by atoms with Crippen LogP contribution in [-0.2, 0) is 13.6 Å². The quantitative estimate of drug-likeness (QED) is 0.493. The normalized spacial score (nSPS) is 11.2. The molecule has 0 fully saturated rings. The second-order valence-electron chi connectivity index (χ2n) is 5.58. The zero-order valence-electron chi connectivity index (χ0n) is 14.2. The van der Waals surface area contributed by atoms with Crippen LogP contribution in [0.3, 0.4) is 0 Å². The zero-order valence-corrected chi connectivity index (χ0v) is 15.9. The summed E-state index contributed by atoms with van der Waals surface area (Å²) in [5.41, 5.74) is 2.90. The van der Waals surface area contributed by atoms with E-state index in [2.05, 4.69) is 21.7 Å².